The van der Waals surface area contributed by atoms with Gasteiger partial charge in [0.2, 0.25) is 0 Å². The highest BCUT2D eigenvalue weighted by molar-refractivity contribution is 14.0. The summed E-state index contributed by atoms with van der Waals surface area (Å²) >= 11 is 0. The number of aliphatic imine (C=N–C) groups is 1. The fraction of sp³-hybridized carbons (Fsp3) is 0.455. The van der Waals surface area contributed by atoms with E-state index in [0.29, 0.717) is 26.4 Å². The first-order valence-corrected chi connectivity index (χ1v) is 9.97. The SMILES string of the molecule is CCNC(=NCc1cccc(COCCOCC)c1)NCCc1ccccn1.I. The molecule has 0 aliphatic carbocycles. The normalized spacial score (nSPS) is 11.0. The number of nitrogens with zero attached hydrogens (tertiary/aromatic N) is 2. The summed E-state index contributed by atoms with van der Waals surface area (Å²) < 4.78 is 10.9. The van der Waals surface area contributed by atoms with Crippen LogP contribution in [-0.2, 0) is 29.0 Å². The van der Waals surface area contributed by atoms with Crippen molar-refractivity contribution >= 4 is 29.9 Å². The maximum Gasteiger partial charge on any atom is 0.191 e. The van der Waals surface area contributed by atoms with Crippen molar-refractivity contribution in [2.45, 2.75) is 33.4 Å². The van der Waals surface area contributed by atoms with Crippen molar-refractivity contribution in [3.63, 3.8) is 0 Å². The molecule has 0 fully saturated rings. The number of benzene rings is 1. The van der Waals surface area contributed by atoms with E-state index < -0.39 is 0 Å². The number of ether oxygens (including phenoxy) is 2. The van der Waals surface area contributed by atoms with E-state index in [-0.39, 0.29) is 24.0 Å². The summed E-state index contributed by atoms with van der Waals surface area (Å²) in [5.74, 6) is 0.816. The van der Waals surface area contributed by atoms with Crippen LogP contribution in [0.25, 0.3) is 0 Å². The summed E-state index contributed by atoms with van der Waals surface area (Å²) in [4.78, 5) is 9.04. The Morgan fingerprint density at radius 1 is 1.00 bits per heavy atom. The van der Waals surface area contributed by atoms with Crippen LogP contribution in [0.1, 0.15) is 30.7 Å². The summed E-state index contributed by atoms with van der Waals surface area (Å²) in [6.45, 7) is 8.84. The van der Waals surface area contributed by atoms with Gasteiger partial charge in [-0.05, 0) is 37.1 Å². The lowest BCUT2D eigenvalue weighted by atomic mass is 10.1. The molecule has 160 valence electrons. The Morgan fingerprint density at radius 2 is 1.83 bits per heavy atom. The van der Waals surface area contributed by atoms with Gasteiger partial charge in [-0.3, -0.25) is 4.98 Å². The van der Waals surface area contributed by atoms with Crippen molar-refractivity contribution in [3.8, 4) is 0 Å². The van der Waals surface area contributed by atoms with Crippen LogP contribution in [0.5, 0.6) is 0 Å². The molecule has 1 heterocycles. The Bertz CT molecular complexity index is 698. The zero-order chi connectivity index (χ0) is 19.9. The second-order valence-electron chi connectivity index (χ2n) is 6.26. The van der Waals surface area contributed by atoms with Crippen LogP contribution < -0.4 is 10.6 Å². The van der Waals surface area contributed by atoms with Crippen LogP contribution in [-0.4, -0.2) is 43.9 Å². The first kappa shape index (κ1) is 25.3. The van der Waals surface area contributed by atoms with Crippen LogP contribution in [0, 0.1) is 0 Å². The number of aromatic nitrogens is 1. The van der Waals surface area contributed by atoms with Gasteiger partial charge in [-0.2, -0.15) is 0 Å². The average molecular weight is 512 g/mol. The highest BCUT2D eigenvalue weighted by Crippen LogP contribution is 2.08. The van der Waals surface area contributed by atoms with Gasteiger partial charge in [0.15, 0.2) is 5.96 Å². The Kier molecular flexibility index (Phi) is 14.1. The van der Waals surface area contributed by atoms with Gasteiger partial charge in [0.1, 0.15) is 0 Å². The van der Waals surface area contributed by atoms with Crippen LogP contribution in [0.4, 0.5) is 0 Å². The Balaban J connectivity index is 0.00000420. The second-order valence-corrected chi connectivity index (χ2v) is 6.26. The first-order chi connectivity index (χ1) is 13.8. The van der Waals surface area contributed by atoms with Crippen molar-refractivity contribution in [3.05, 3.63) is 65.5 Å². The van der Waals surface area contributed by atoms with E-state index in [9.17, 15) is 0 Å². The number of pyridine rings is 1. The monoisotopic (exact) mass is 512 g/mol. The molecule has 0 amide bonds. The third kappa shape index (κ3) is 11.2. The largest absolute Gasteiger partial charge is 0.379 e. The lowest BCUT2D eigenvalue weighted by Crippen LogP contribution is -2.38. The highest BCUT2D eigenvalue weighted by Gasteiger charge is 2.00. The third-order valence-electron chi connectivity index (χ3n) is 4.00. The summed E-state index contributed by atoms with van der Waals surface area (Å²) in [7, 11) is 0. The minimum atomic E-state index is 0. The molecule has 7 heteroatoms. The van der Waals surface area contributed by atoms with E-state index in [4.69, 9.17) is 14.5 Å². The molecule has 0 unspecified atom stereocenters. The van der Waals surface area contributed by atoms with Gasteiger partial charge in [0.05, 0.1) is 26.4 Å². The lowest BCUT2D eigenvalue weighted by Gasteiger charge is -2.11. The predicted molar refractivity (Wildman–Crippen MR) is 129 cm³/mol. The van der Waals surface area contributed by atoms with E-state index in [1.165, 1.54) is 0 Å². The summed E-state index contributed by atoms with van der Waals surface area (Å²) in [6, 6.07) is 14.3. The fourth-order valence-electron chi connectivity index (χ4n) is 2.64. The van der Waals surface area contributed by atoms with Crippen molar-refractivity contribution in [1.82, 2.24) is 15.6 Å². The lowest BCUT2D eigenvalue weighted by molar-refractivity contribution is 0.0453. The highest BCUT2D eigenvalue weighted by atomic mass is 127. The molecule has 2 aromatic rings. The maximum atomic E-state index is 5.64. The van der Waals surface area contributed by atoms with E-state index in [0.717, 1.165) is 48.9 Å². The maximum absolute atomic E-state index is 5.64. The number of halogens is 1. The first-order valence-electron chi connectivity index (χ1n) is 9.97. The minimum absolute atomic E-state index is 0. The van der Waals surface area contributed by atoms with Crippen molar-refractivity contribution in [2.75, 3.05) is 32.9 Å². The molecule has 6 nitrogen and oxygen atoms in total. The molecule has 2 N–H and O–H groups in total. The topological polar surface area (TPSA) is 67.8 Å². The van der Waals surface area contributed by atoms with Gasteiger partial charge in [-0.25, -0.2) is 4.99 Å². The minimum Gasteiger partial charge on any atom is -0.379 e. The zero-order valence-corrected chi connectivity index (χ0v) is 19.7. The summed E-state index contributed by atoms with van der Waals surface area (Å²) in [6.07, 6.45) is 2.68. The number of guanidine groups is 1. The molecule has 1 aromatic heterocycles. The summed E-state index contributed by atoms with van der Waals surface area (Å²) in [5, 5.41) is 6.66. The van der Waals surface area contributed by atoms with Gasteiger partial charge >= 0.3 is 0 Å². The third-order valence-corrected chi connectivity index (χ3v) is 4.00. The van der Waals surface area contributed by atoms with Crippen LogP contribution in [0.3, 0.4) is 0 Å². The average Bonchev–Trinajstić information content (AvgIpc) is 2.73. The van der Waals surface area contributed by atoms with E-state index in [1.54, 1.807) is 0 Å². The number of rotatable bonds is 12. The van der Waals surface area contributed by atoms with Gasteiger partial charge in [-0.15, -0.1) is 24.0 Å². The molecule has 2 rings (SSSR count). The van der Waals surface area contributed by atoms with E-state index in [1.807, 2.05) is 37.4 Å². The second kappa shape index (κ2) is 16.1. The van der Waals surface area contributed by atoms with Crippen LogP contribution >= 0.6 is 24.0 Å². The molecule has 0 radical (unpaired) electrons. The Labute approximate surface area is 191 Å². The molecule has 0 aliphatic heterocycles. The van der Waals surface area contributed by atoms with E-state index in [2.05, 4.69) is 40.7 Å². The van der Waals surface area contributed by atoms with Crippen LogP contribution in [0.2, 0.25) is 0 Å². The molecule has 0 atom stereocenters. The van der Waals surface area contributed by atoms with Crippen molar-refractivity contribution in [2.24, 2.45) is 4.99 Å². The van der Waals surface area contributed by atoms with Gasteiger partial charge < -0.3 is 20.1 Å². The molecule has 0 aliphatic rings. The fourth-order valence-corrected chi connectivity index (χ4v) is 2.64. The van der Waals surface area contributed by atoms with Crippen molar-refractivity contribution < 1.29 is 9.47 Å². The molecular weight excluding hydrogens is 479 g/mol. The molecular formula is C22H33IN4O2. The van der Waals surface area contributed by atoms with Gasteiger partial charge in [0.25, 0.3) is 0 Å². The molecule has 29 heavy (non-hydrogen) atoms. The van der Waals surface area contributed by atoms with Gasteiger partial charge in [0, 0.05) is 38.0 Å². The van der Waals surface area contributed by atoms with E-state index >= 15 is 0 Å². The standard InChI is InChI=1S/C22H32N4O2.HI/c1-3-23-22(25-13-11-21-10-5-6-12-24-21)26-17-19-8-7-9-20(16-19)18-28-15-14-27-4-2;/h5-10,12,16H,3-4,11,13-15,17-18H2,1-2H3,(H2,23,25,26);1H. The number of nitrogens with one attached hydrogen (secondary N) is 2. The summed E-state index contributed by atoms with van der Waals surface area (Å²) in [5.41, 5.74) is 3.38. The quantitative estimate of drug-likeness (QED) is 0.197. The van der Waals surface area contributed by atoms with Gasteiger partial charge in [-0.1, -0.05) is 30.3 Å². The predicted octanol–water partition coefficient (Wildman–Crippen LogP) is 3.55. The molecule has 0 spiro atoms. The molecule has 0 saturated heterocycles. The molecule has 0 bridgehead atoms. The Morgan fingerprint density at radius 3 is 2.59 bits per heavy atom. The Hall–Kier alpha value is -1.71. The smallest absolute Gasteiger partial charge is 0.191 e. The van der Waals surface area contributed by atoms with Crippen molar-refractivity contribution in [1.29, 1.82) is 0 Å². The molecule has 1 aromatic carbocycles. The number of hydrogen-bond donors (Lipinski definition) is 2. The number of hydrogen-bond acceptors (Lipinski definition) is 4. The van der Waals surface area contributed by atoms with Crippen LogP contribution in [0.15, 0.2) is 53.7 Å². The zero-order valence-electron chi connectivity index (χ0n) is 17.4. The molecule has 0 saturated carbocycles.